The van der Waals surface area contributed by atoms with E-state index in [1.807, 2.05) is 13.8 Å². The van der Waals surface area contributed by atoms with Crippen molar-refractivity contribution in [2.75, 3.05) is 0 Å². The van der Waals surface area contributed by atoms with Crippen LogP contribution < -0.4 is 0 Å². The molecule has 2 saturated carbocycles. The third-order valence-electron chi connectivity index (χ3n) is 7.51. The molecule has 5 unspecified atom stereocenters. The molecule has 0 aromatic rings. The van der Waals surface area contributed by atoms with Crippen LogP contribution in [0.2, 0.25) is 0 Å². The zero-order chi connectivity index (χ0) is 18.3. The largest absolute Gasteiger partial charge is 0.479 e. The molecular formula is C16H26O8. The molecule has 0 radical (unpaired) electrons. The maximum absolute atomic E-state index is 12.2. The van der Waals surface area contributed by atoms with Gasteiger partial charge in [-0.05, 0) is 30.6 Å². The molecule has 0 aromatic heterocycles. The summed E-state index contributed by atoms with van der Waals surface area (Å²) in [4.78, 5) is 12.2. The van der Waals surface area contributed by atoms with E-state index in [0.29, 0.717) is 6.42 Å². The van der Waals surface area contributed by atoms with Gasteiger partial charge >= 0.3 is 5.97 Å². The van der Waals surface area contributed by atoms with E-state index in [2.05, 4.69) is 0 Å². The van der Waals surface area contributed by atoms with Gasteiger partial charge in [0.05, 0.1) is 0 Å². The molecule has 1 saturated heterocycles. The van der Waals surface area contributed by atoms with Crippen LogP contribution in [-0.2, 0) is 9.53 Å². The molecule has 8 nitrogen and oxygen atoms in total. The number of ether oxygens (including phenoxy) is 1. The lowest BCUT2D eigenvalue weighted by Crippen LogP contribution is -2.79. The number of carboxylic acids is 1. The van der Waals surface area contributed by atoms with Gasteiger partial charge in [0.25, 0.3) is 0 Å². The van der Waals surface area contributed by atoms with Crippen LogP contribution >= 0.6 is 0 Å². The van der Waals surface area contributed by atoms with Crippen molar-refractivity contribution in [3.8, 4) is 0 Å². The number of rotatable bonds is 2. The number of aliphatic hydroxyl groups excluding tert-OH is 4. The highest BCUT2D eigenvalue weighted by Gasteiger charge is 2.80. The molecule has 1 aliphatic heterocycles. The number of aliphatic hydroxyl groups is 5. The predicted molar refractivity (Wildman–Crippen MR) is 79.7 cm³/mol. The number of hydrogen-bond donors (Lipinski definition) is 6. The summed E-state index contributed by atoms with van der Waals surface area (Å²) in [6, 6.07) is 0. The van der Waals surface area contributed by atoms with Crippen molar-refractivity contribution in [2.45, 2.75) is 75.8 Å². The van der Waals surface area contributed by atoms with Crippen LogP contribution in [0.15, 0.2) is 0 Å². The van der Waals surface area contributed by atoms with Crippen LogP contribution in [0.5, 0.6) is 0 Å². The summed E-state index contributed by atoms with van der Waals surface area (Å²) in [5.41, 5.74) is -5.98. The Morgan fingerprint density at radius 1 is 1.08 bits per heavy atom. The van der Waals surface area contributed by atoms with Gasteiger partial charge in [-0.2, -0.15) is 0 Å². The van der Waals surface area contributed by atoms with Crippen molar-refractivity contribution in [3.05, 3.63) is 0 Å². The van der Waals surface area contributed by atoms with E-state index >= 15 is 0 Å². The van der Waals surface area contributed by atoms with Crippen molar-refractivity contribution in [2.24, 2.45) is 16.7 Å². The monoisotopic (exact) mass is 346 g/mol. The molecule has 2 aliphatic carbocycles. The third kappa shape index (κ3) is 1.67. The van der Waals surface area contributed by atoms with Gasteiger partial charge in [-0.25, -0.2) is 4.79 Å². The second-order valence-electron chi connectivity index (χ2n) is 8.33. The van der Waals surface area contributed by atoms with Gasteiger partial charge in [-0.1, -0.05) is 20.8 Å². The van der Waals surface area contributed by atoms with Crippen LogP contribution in [0.3, 0.4) is 0 Å². The molecule has 3 fully saturated rings. The van der Waals surface area contributed by atoms with Gasteiger partial charge in [-0.15, -0.1) is 0 Å². The molecule has 138 valence electrons. The van der Waals surface area contributed by atoms with Crippen LogP contribution in [0, 0.1) is 16.7 Å². The lowest BCUT2D eigenvalue weighted by molar-refractivity contribution is -0.364. The molecule has 0 aromatic carbocycles. The standard InChI is InChI=1S/C16H26O8/c1-13(2)7-4-5-14(13,3)15(23,6-7)16(12(21)22)10(19)8(17)9(18)11(20)24-16/h7-11,17-20,23H,4-6H2,1-3H3,(H,21,22)/t7-,8?,9?,10?,11?,14-,15+,16?/m1/s1. The highest BCUT2D eigenvalue weighted by Crippen LogP contribution is 2.73. The van der Waals surface area contributed by atoms with Gasteiger partial charge in [0.15, 0.2) is 6.29 Å². The molecule has 8 atom stereocenters. The van der Waals surface area contributed by atoms with E-state index in [-0.39, 0.29) is 12.3 Å². The maximum Gasteiger partial charge on any atom is 0.342 e. The lowest BCUT2D eigenvalue weighted by atomic mass is 9.56. The normalized spacial score (nSPS) is 56.4. The average molecular weight is 346 g/mol. The van der Waals surface area contributed by atoms with Gasteiger partial charge in [0, 0.05) is 5.41 Å². The first kappa shape index (κ1) is 18.0. The smallest absolute Gasteiger partial charge is 0.342 e. The molecule has 0 spiro atoms. The fraction of sp³-hybridized carbons (Fsp3) is 0.938. The van der Waals surface area contributed by atoms with E-state index in [9.17, 15) is 35.4 Å². The van der Waals surface area contributed by atoms with E-state index in [1.165, 1.54) is 0 Å². The topological polar surface area (TPSA) is 148 Å². The zero-order valence-corrected chi connectivity index (χ0v) is 14.0. The Morgan fingerprint density at radius 2 is 1.67 bits per heavy atom. The first-order valence-corrected chi connectivity index (χ1v) is 8.22. The first-order chi connectivity index (χ1) is 10.9. The summed E-state index contributed by atoms with van der Waals surface area (Å²) in [5.74, 6) is -1.66. The molecule has 3 rings (SSSR count). The van der Waals surface area contributed by atoms with Gasteiger partial charge < -0.3 is 35.4 Å². The van der Waals surface area contributed by atoms with E-state index < -0.39 is 52.6 Å². The van der Waals surface area contributed by atoms with Crippen molar-refractivity contribution < 1.29 is 40.2 Å². The number of aliphatic carboxylic acids is 1. The average Bonchev–Trinajstić information content (AvgIpc) is 2.80. The highest BCUT2D eigenvalue weighted by molar-refractivity contribution is 5.81. The number of hydrogen-bond acceptors (Lipinski definition) is 7. The summed E-state index contributed by atoms with van der Waals surface area (Å²) >= 11 is 0. The lowest BCUT2D eigenvalue weighted by Gasteiger charge is -2.57. The first-order valence-electron chi connectivity index (χ1n) is 8.22. The summed E-state index contributed by atoms with van der Waals surface area (Å²) < 4.78 is 5.17. The maximum atomic E-state index is 12.2. The molecule has 2 bridgehead atoms. The van der Waals surface area contributed by atoms with E-state index in [0.717, 1.165) is 6.42 Å². The van der Waals surface area contributed by atoms with E-state index in [4.69, 9.17) is 4.74 Å². The Kier molecular flexibility index (Phi) is 3.68. The van der Waals surface area contributed by atoms with Gasteiger partial charge in [0.1, 0.15) is 23.9 Å². The Bertz CT molecular complexity index is 564. The SMILES string of the molecule is CC1(C)[C@@H]2CC[C@@]1(C)[C@](O)(C1(C(=O)O)OC(O)C(O)C(O)C1O)C2. The minimum Gasteiger partial charge on any atom is -0.479 e. The minimum absolute atomic E-state index is 0.0145. The number of fused-ring (bicyclic) bond motifs is 2. The van der Waals surface area contributed by atoms with Crippen LogP contribution in [0.1, 0.15) is 40.0 Å². The Balaban J connectivity index is 2.18. The Hall–Kier alpha value is -0.770. The molecule has 0 amide bonds. The predicted octanol–water partition coefficient (Wildman–Crippen LogP) is -1.18. The fourth-order valence-electron chi connectivity index (χ4n) is 5.46. The molecule has 24 heavy (non-hydrogen) atoms. The second-order valence-corrected chi connectivity index (χ2v) is 8.33. The highest BCUT2D eigenvalue weighted by atomic mass is 16.7. The van der Waals surface area contributed by atoms with E-state index in [1.54, 1.807) is 6.92 Å². The molecule has 8 heteroatoms. The van der Waals surface area contributed by atoms with Crippen molar-refractivity contribution in [3.63, 3.8) is 0 Å². The van der Waals surface area contributed by atoms with Gasteiger partial charge in [-0.3, -0.25) is 0 Å². The zero-order valence-electron chi connectivity index (χ0n) is 14.0. The number of carboxylic acid groups (broad SMARTS) is 1. The van der Waals surface area contributed by atoms with Crippen LogP contribution in [-0.4, -0.2) is 72.4 Å². The quantitative estimate of drug-likeness (QED) is 0.366. The van der Waals surface area contributed by atoms with Crippen molar-refractivity contribution >= 4 is 5.97 Å². The Labute approximate surface area is 139 Å². The molecule has 1 heterocycles. The third-order valence-corrected chi connectivity index (χ3v) is 7.51. The second kappa shape index (κ2) is 4.90. The number of carbonyl (C=O) groups is 1. The van der Waals surface area contributed by atoms with Crippen LogP contribution in [0.4, 0.5) is 0 Å². The van der Waals surface area contributed by atoms with Crippen LogP contribution in [0.25, 0.3) is 0 Å². The molecular weight excluding hydrogens is 320 g/mol. The summed E-state index contributed by atoms with van der Waals surface area (Å²) in [6.45, 7) is 5.63. The van der Waals surface area contributed by atoms with Crippen molar-refractivity contribution in [1.29, 1.82) is 0 Å². The summed E-state index contributed by atoms with van der Waals surface area (Å²) in [6.07, 6.45) is -6.54. The molecule has 3 aliphatic rings. The minimum atomic E-state index is -2.63. The summed E-state index contributed by atoms with van der Waals surface area (Å²) in [7, 11) is 0. The molecule has 6 N–H and O–H groups in total. The van der Waals surface area contributed by atoms with Crippen molar-refractivity contribution in [1.82, 2.24) is 0 Å². The Morgan fingerprint density at radius 3 is 2.08 bits per heavy atom. The van der Waals surface area contributed by atoms with Gasteiger partial charge in [0.2, 0.25) is 5.60 Å². The fourth-order valence-corrected chi connectivity index (χ4v) is 5.46. The summed E-state index contributed by atoms with van der Waals surface area (Å²) in [5, 5.41) is 61.5.